The molecule has 0 saturated carbocycles. The molecule has 0 amide bonds. The van der Waals surface area contributed by atoms with Crippen LogP contribution >= 0.6 is 0 Å². The molecule has 5 rings (SSSR count). The Morgan fingerprint density at radius 2 is 1.56 bits per heavy atom. The highest BCUT2D eigenvalue weighted by molar-refractivity contribution is 5.72. The van der Waals surface area contributed by atoms with Crippen LogP contribution in [0.15, 0.2) is 48.7 Å². The fraction of sp³-hybridized carbons (Fsp3) is 0.385. The first-order valence-electron chi connectivity index (χ1n) is 12.1. The molecule has 3 aromatic rings. The number of ether oxygens (including phenoxy) is 3. The first-order valence-corrected chi connectivity index (χ1v) is 12.1. The third kappa shape index (κ3) is 5.44. The molecule has 1 aromatic heterocycles. The molecule has 3 heterocycles. The van der Waals surface area contributed by atoms with Crippen LogP contribution in [0.25, 0.3) is 0 Å². The van der Waals surface area contributed by atoms with Crippen molar-refractivity contribution in [2.24, 2.45) is 0 Å². The number of hydrogen-bond acceptors (Lipinski definition) is 9. The van der Waals surface area contributed by atoms with E-state index >= 15 is 0 Å². The summed E-state index contributed by atoms with van der Waals surface area (Å²) in [5.41, 5.74) is 3.49. The van der Waals surface area contributed by atoms with Crippen LogP contribution in [0.2, 0.25) is 0 Å². The number of morpholine rings is 2. The molecule has 190 valence electrons. The highest BCUT2D eigenvalue weighted by Gasteiger charge is 2.18. The quantitative estimate of drug-likeness (QED) is 0.528. The third-order valence-electron chi connectivity index (χ3n) is 6.41. The second-order valence-corrected chi connectivity index (χ2v) is 8.68. The van der Waals surface area contributed by atoms with E-state index in [1.807, 2.05) is 0 Å². The van der Waals surface area contributed by atoms with Gasteiger partial charge in [-0.2, -0.15) is 4.98 Å². The molecule has 0 unspecified atom stereocenters. The van der Waals surface area contributed by atoms with Gasteiger partial charge in [0, 0.05) is 62.6 Å². The van der Waals surface area contributed by atoms with Gasteiger partial charge in [-0.25, -0.2) is 9.37 Å². The molecule has 9 nitrogen and oxygen atoms in total. The van der Waals surface area contributed by atoms with E-state index in [0.717, 1.165) is 43.2 Å². The summed E-state index contributed by atoms with van der Waals surface area (Å²) in [6.07, 6.45) is 1.66. The zero-order valence-corrected chi connectivity index (χ0v) is 20.6. The number of halogens is 1. The van der Waals surface area contributed by atoms with Gasteiger partial charge in [-0.1, -0.05) is 0 Å². The molecule has 1 N–H and O–H groups in total. The maximum Gasteiger partial charge on any atom is 0.229 e. The molecule has 0 spiro atoms. The highest BCUT2D eigenvalue weighted by atomic mass is 19.1. The van der Waals surface area contributed by atoms with Crippen LogP contribution in [0.1, 0.15) is 0 Å². The summed E-state index contributed by atoms with van der Waals surface area (Å²) in [6, 6.07) is 12.8. The largest absolute Gasteiger partial charge is 0.497 e. The van der Waals surface area contributed by atoms with E-state index in [4.69, 9.17) is 14.2 Å². The van der Waals surface area contributed by atoms with Crippen molar-refractivity contribution in [1.29, 1.82) is 0 Å². The van der Waals surface area contributed by atoms with Gasteiger partial charge >= 0.3 is 0 Å². The van der Waals surface area contributed by atoms with Crippen LogP contribution in [-0.4, -0.2) is 76.7 Å². The minimum absolute atomic E-state index is 0.361. The fourth-order valence-electron chi connectivity index (χ4n) is 4.40. The smallest absolute Gasteiger partial charge is 0.229 e. The van der Waals surface area contributed by atoms with Crippen LogP contribution in [0.4, 0.5) is 38.9 Å². The maximum absolute atomic E-state index is 14.5. The predicted octanol–water partition coefficient (Wildman–Crippen LogP) is 3.81. The number of aromatic nitrogens is 2. The summed E-state index contributed by atoms with van der Waals surface area (Å²) in [4.78, 5) is 15.4. The van der Waals surface area contributed by atoms with Crippen molar-refractivity contribution in [3.05, 3.63) is 54.5 Å². The molecule has 0 atom stereocenters. The van der Waals surface area contributed by atoms with Crippen molar-refractivity contribution in [3.63, 3.8) is 0 Å². The van der Waals surface area contributed by atoms with Crippen molar-refractivity contribution >= 4 is 34.5 Å². The Kier molecular flexibility index (Phi) is 7.33. The highest BCUT2D eigenvalue weighted by Crippen LogP contribution is 2.32. The van der Waals surface area contributed by atoms with Gasteiger partial charge in [-0.05, 0) is 36.4 Å². The second-order valence-electron chi connectivity index (χ2n) is 8.68. The lowest BCUT2D eigenvalue weighted by molar-refractivity contribution is 0.122. The SMILES string of the molecule is COc1ccc(F)c(N(C)c2ccnc(Nc3cc(N4CCOCC4)cc(N4CCOCC4)c3)n2)c1. The summed E-state index contributed by atoms with van der Waals surface area (Å²) in [5.74, 6) is 1.19. The van der Waals surface area contributed by atoms with Crippen molar-refractivity contribution in [1.82, 2.24) is 9.97 Å². The lowest BCUT2D eigenvalue weighted by atomic mass is 10.2. The average molecular weight is 495 g/mol. The van der Waals surface area contributed by atoms with Crippen molar-refractivity contribution < 1.29 is 18.6 Å². The molecule has 2 aliphatic rings. The summed E-state index contributed by atoms with van der Waals surface area (Å²) in [5, 5.41) is 3.36. The Bertz CT molecular complexity index is 1150. The molecule has 0 bridgehead atoms. The van der Waals surface area contributed by atoms with Crippen LogP contribution in [0, 0.1) is 5.82 Å². The number of anilines is 6. The lowest BCUT2D eigenvalue weighted by Gasteiger charge is -2.33. The molecular formula is C26H31FN6O3. The van der Waals surface area contributed by atoms with E-state index in [1.54, 1.807) is 43.5 Å². The van der Waals surface area contributed by atoms with Crippen molar-refractivity contribution in [2.75, 3.05) is 86.8 Å². The van der Waals surface area contributed by atoms with Gasteiger partial charge in [-0.3, -0.25) is 0 Å². The van der Waals surface area contributed by atoms with Crippen LogP contribution in [-0.2, 0) is 9.47 Å². The van der Waals surface area contributed by atoms with Crippen LogP contribution in [0.3, 0.4) is 0 Å². The first-order chi connectivity index (χ1) is 17.6. The minimum atomic E-state index is -0.361. The fourth-order valence-corrected chi connectivity index (χ4v) is 4.40. The molecular weight excluding hydrogens is 463 g/mol. The van der Waals surface area contributed by atoms with Gasteiger partial charge < -0.3 is 34.2 Å². The zero-order chi connectivity index (χ0) is 24.9. The van der Waals surface area contributed by atoms with E-state index in [0.29, 0.717) is 49.6 Å². The summed E-state index contributed by atoms with van der Waals surface area (Å²) in [7, 11) is 3.32. The van der Waals surface area contributed by atoms with E-state index in [1.165, 1.54) is 6.07 Å². The first kappa shape index (κ1) is 24.1. The molecule has 36 heavy (non-hydrogen) atoms. The van der Waals surface area contributed by atoms with Crippen molar-refractivity contribution in [2.45, 2.75) is 0 Å². The summed E-state index contributed by atoms with van der Waals surface area (Å²) < 4.78 is 30.9. The normalized spacial score (nSPS) is 16.1. The Morgan fingerprint density at radius 3 is 2.17 bits per heavy atom. The van der Waals surface area contributed by atoms with E-state index in [-0.39, 0.29) is 5.82 Å². The number of hydrogen-bond donors (Lipinski definition) is 1. The number of benzene rings is 2. The molecule has 0 aliphatic carbocycles. The molecule has 0 radical (unpaired) electrons. The third-order valence-corrected chi connectivity index (χ3v) is 6.41. The van der Waals surface area contributed by atoms with Crippen molar-refractivity contribution in [3.8, 4) is 5.75 Å². The van der Waals surface area contributed by atoms with E-state index < -0.39 is 0 Å². The standard InChI is InChI=1S/C26H31FN6O3/c1-31(24-18-22(34-2)3-4-23(24)27)25-5-6-28-26(30-25)29-19-15-20(32-7-11-35-12-8-32)17-21(16-19)33-9-13-36-14-10-33/h3-6,15-18H,7-14H2,1-2H3,(H,28,29,30). The number of nitrogens with one attached hydrogen (secondary N) is 1. The number of methoxy groups -OCH3 is 1. The predicted molar refractivity (Wildman–Crippen MR) is 139 cm³/mol. The zero-order valence-electron chi connectivity index (χ0n) is 20.6. The van der Waals surface area contributed by atoms with Gasteiger partial charge in [0.2, 0.25) is 5.95 Å². The van der Waals surface area contributed by atoms with Gasteiger partial charge in [0.1, 0.15) is 17.4 Å². The number of rotatable bonds is 7. The molecule has 2 aromatic carbocycles. The minimum Gasteiger partial charge on any atom is -0.497 e. The molecule has 2 fully saturated rings. The van der Waals surface area contributed by atoms with Crippen LogP contribution < -0.4 is 24.8 Å². The Morgan fingerprint density at radius 1 is 0.917 bits per heavy atom. The Balaban J connectivity index is 1.43. The topological polar surface area (TPSA) is 75.2 Å². The molecule has 2 aliphatic heterocycles. The monoisotopic (exact) mass is 494 g/mol. The van der Waals surface area contributed by atoms with Crippen LogP contribution in [0.5, 0.6) is 5.75 Å². The summed E-state index contributed by atoms with van der Waals surface area (Å²) >= 11 is 0. The number of nitrogens with zero attached hydrogens (tertiary/aromatic N) is 5. The van der Waals surface area contributed by atoms with Gasteiger partial charge in [0.05, 0.1) is 39.2 Å². The lowest BCUT2D eigenvalue weighted by Crippen LogP contribution is -2.38. The van der Waals surface area contributed by atoms with Gasteiger partial charge in [-0.15, -0.1) is 0 Å². The van der Waals surface area contributed by atoms with Gasteiger partial charge in [0.15, 0.2) is 0 Å². The van der Waals surface area contributed by atoms with E-state index in [2.05, 4.69) is 43.3 Å². The second kappa shape index (κ2) is 11.0. The Labute approximate surface area is 210 Å². The Hall–Kier alpha value is -3.63. The molecule has 2 saturated heterocycles. The van der Waals surface area contributed by atoms with Gasteiger partial charge in [0.25, 0.3) is 0 Å². The summed E-state index contributed by atoms with van der Waals surface area (Å²) in [6.45, 7) is 6.21. The maximum atomic E-state index is 14.5. The van der Waals surface area contributed by atoms with E-state index in [9.17, 15) is 4.39 Å². The average Bonchev–Trinajstić information content (AvgIpc) is 2.94. The molecule has 10 heteroatoms.